The van der Waals surface area contributed by atoms with E-state index >= 15 is 0 Å². The number of para-hydroxylation sites is 2. The van der Waals surface area contributed by atoms with Gasteiger partial charge in [0.15, 0.2) is 0 Å². The first-order valence-electron chi connectivity index (χ1n) is 5.83. The van der Waals surface area contributed by atoms with E-state index in [-0.39, 0.29) is 20.3 Å². The Labute approximate surface area is 116 Å². The van der Waals surface area contributed by atoms with Crippen molar-refractivity contribution in [1.29, 1.82) is 0 Å². The van der Waals surface area contributed by atoms with Crippen LogP contribution in [0.25, 0.3) is 9.78 Å². The Hall–Kier alpha value is -1.90. The van der Waals surface area contributed by atoms with Crippen LogP contribution >= 0.6 is 0 Å². The monoisotopic (exact) mass is 317 g/mol. The molecule has 2 aromatic carbocycles. The SMILES string of the molecule is COc1ccccc1C(=O)c1nc2ccccc2[se]1. The molecule has 4 heteroatoms. The Kier molecular flexibility index (Phi) is 3.20. The molecule has 0 spiro atoms. The van der Waals surface area contributed by atoms with Gasteiger partial charge in [0.2, 0.25) is 0 Å². The number of methoxy groups -OCH3 is 1. The molecule has 94 valence electrons. The number of benzene rings is 2. The second-order valence-corrected chi connectivity index (χ2v) is 6.18. The standard InChI is InChI=1S/C15H11NO2Se/c1-18-12-8-4-2-6-10(12)14(17)15-16-11-7-3-5-9-13(11)19-15/h2-9H,1H3. The van der Waals surface area contributed by atoms with E-state index in [1.807, 2.05) is 36.4 Å². The molecule has 0 unspecified atom stereocenters. The fourth-order valence-corrected chi connectivity index (χ4v) is 3.85. The van der Waals surface area contributed by atoms with Crippen LogP contribution in [-0.2, 0) is 0 Å². The third kappa shape index (κ3) is 2.20. The molecular weight excluding hydrogens is 305 g/mol. The fraction of sp³-hybridized carbons (Fsp3) is 0.0667. The van der Waals surface area contributed by atoms with Crippen molar-refractivity contribution in [1.82, 2.24) is 4.98 Å². The van der Waals surface area contributed by atoms with Crippen LogP contribution in [0.15, 0.2) is 48.5 Å². The molecule has 3 rings (SSSR count). The molecule has 3 nitrogen and oxygen atoms in total. The topological polar surface area (TPSA) is 39.2 Å². The molecule has 1 aromatic heterocycles. The summed E-state index contributed by atoms with van der Waals surface area (Å²) in [6.45, 7) is 0. The van der Waals surface area contributed by atoms with Gasteiger partial charge < -0.3 is 0 Å². The average Bonchev–Trinajstić information content (AvgIpc) is 2.90. The van der Waals surface area contributed by atoms with Crippen molar-refractivity contribution < 1.29 is 9.53 Å². The van der Waals surface area contributed by atoms with Gasteiger partial charge in [-0.2, -0.15) is 0 Å². The van der Waals surface area contributed by atoms with E-state index in [1.165, 1.54) is 0 Å². The predicted molar refractivity (Wildman–Crippen MR) is 75.1 cm³/mol. The summed E-state index contributed by atoms with van der Waals surface area (Å²) in [4.78, 5) is 16.9. The number of carbonyl (C=O) groups excluding carboxylic acids is 1. The molecule has 0 radical (unpaired) electrons. The molecular formula is C15H11NO2Se. The van der Waals surface area contributed by atoms with E-state index in [2.05, 4.69) is 4.98 Å². The van der Waals surface area contributed by atoms with Crippen LogP contribution in [0.5, 0.6) is 5.75 Å². The normalized spacial score (nSPS) is 10.6. The van der Waals surface area contributed by atoms with E-state index in [0.717, 1.165) is 9.78 Å². The number of hydrogen-bond donors (Lipinski definition) is 0. The van der Waals surface area contributed by atoms with E-state index in [4.69, 9.17) is 4.74 Å². The first-order valence-corrected chi connectivity index (χ1v) is 7.54. The zero-order valence-electron chi connectivity index (χ0n) is 10.3. The molecule has 0 saturated heterocycles. The van der Waals surface area contributed by atoms with Gasteiger partial charge in [0.25, 0.3) is 0 Å². The van der Waals surface area contributed by atoms with Gasteiger partial charge in [-0.25, -0.2) is 0 Å². The van der Waals surface area contributed by atoms with E-state index < -0.39 is 0 Å². The molecule has 0 aliphatic heterocycles. The van der Waals surface area contributed by atoms with Crippen LogP contribution in [-0.4, -0.2) is 32.4 Å². The Balaban J connectivity index is 2.08. The Morgan fingerprint density at radius 1 is 1.11 bits per heavy atom. The van der Waals surface area contributed by atoms with Gasteiger partial charge in [0.1, 0.15) is 0 Å². The van der Waals surface area contributed by atoms with Crippen molar-refractivity contribution in [3.05, 3.63) is 58.7 Å². The van der Waals surface area contributed by atoms with Gasteiger partial charge in [0, 0.05) is 0 Å². The summed E-state index contributed by atoms with van der Waals surface area (Å²) in [5.74, 6) is 0.565. The van der Waals surface area contributed by atoms with E-state index in [1.54, 1.807) is 19.2 Å². The summed E-state index contributed by atoms with van der Waals surface area (Å²) in [5.41, 5.74) is 1.50. The van der Waals surface area contributed by atoms with Crippen LogP contribution < -0.4 is 4.74 Å². The number of nitrogens with zero attached hydrogens (tertiary/aromatic N) is 1. The summed E-state index contributed by atoms with van der Waals surface area (Å²) in [5, 5.41) is 0. The molecule has 3 aromatic rings. The number of rotatable bonds is 3. The van der Waals surface area contributed by atoms with Crippen molar-refractivity contribution in [2.45, 2.75) is 0 Å². The number of aromatic nitrogens is 1. The van der Waals surface area contributed by atoms with E-state index in [9.17, 15) is 4.79 Å². The fourth-order valence-electron chi connectivity index (χ4n) is 1.92. The predicted octanol–water partition coefficient (Wildman–Crippen LogP) is 2.53. The summed E-state index contributed by atoms with van der Waals surface area (Å²) >= 11 is -0.0193. The number of hydrogen-bond acceptors (Lipinski definition) is 3. The molecule has 0 N–H and O–H groups in total. The van der Waals surface area contributed by atoms with Crippen molar-refractivity contribution in [3.63, 3.8) is 0 Å². The number of fused-ring (bicyclic) bond motifs is 1. The van der Waals surface area contributed by atoms with Crippen LogP contribution in [0.1, 0.15) is 14.9 Å². The molecule has 19 heavy (non-hydrogen) atoms. The molecule has 0 aliphatic rings. The second kappa shape index (κ2) is 5.00. The van der Waals surface area contributed by atoms with Crippen LogP contribution in [0.3, 0.4) is 0 Å². The molecule has 0 fully saturated rings. The van der Waals surface area contributed by atoms with Crippen molar-refractivity contribution >= 4 is 30.1 Å². The molecule has 1 heterocycles. The minimum atomic E-state index is -0.0337. The van der Waals surface area contributed by atoms with E-state index in [0.29, 0.717) is 15.9 Å². The number of ether oxygens (including phenoxy) is 1. The van der Waals surface area contributed by atoms with Gasteiger partial charge in [-0.15, -0.1) is 0 Å². The summed E-state index contributed by atoms with van der Waals surface area (Å²) in [6.07, 6.45) is 0. The van der Waals surface area contributed by atoms with Crippen molar-refractivity contribution in [2.75, 3.05) is 7.11 Å². The number of ketones is 1. The van der Waals surface area contributed by atoms with Crippen molar-refractivity contribution in [2.24, 2.45) is 0 Å². The first kappa shape index (κ1) is 12.1. The minimum absolute atomic E-state index is 0.0193. The summed E-state index contributed by atoms with van der Waals surface area (Å²) in [6, 6.07) is 15.2. The first-order chi connectivity index (χ1) is 9.29. The van der Waals surface area contributed by atoms with Crippen LogP contribution in [0, 0.1) is 0 Å². The van der Waals surface area contributed by atoms with Gasteiger partial charge in [-0.1, -0.05) is 0 Å². The maximum absolute atomic E-state index is 12.5. The third-order valence-corrected chi connectivity index (χ3v) is 5.01. The molecule has 0 amide bonds. The Morgan fingerprint density at radius 2 is 1.84 bits per heavy atom. The molecule has 0 saturated carbocycles. The summed E-state index contributed by atoms with van der Waals surface area (Å²) < 4.78 is 7.03. The average molecular weight is 316 g/mol. The third-order valence-electron chi connectivity index (χ3n) is 2.84. The Morgan fingerprint density at radius 3 is 2.63 bits per heavy atom. The van der Waals surface area contributed by atoms with Gasteiger partial charge in [0.05, 0.1) is 0 Å². The zero-order chi connectivity index (χ0) is 13.2. The second-order valence-electron chi connectivity index (χ2n) is 4.02. The van der Waals surface area contributed by atoms with Gasteiger partial charge in [-0.05, 0) is 0 Å². The number of carbonyl (C=O) groups is 1. The van der Waals surface area contributed by atoms with Crippen LogP contribution in [0.2, 0.25) is 0 Å². The summed E-state index contributed by atoms with van der Waals surface area (Å²) in [7, 11) is 1.57. The van der Waals surface area contributed by atoms with Crippen LogP contribution in [0.4, 0.5) is 0 Å². The molecule has 0 bridgehead atoms. The van der Waals surface area contributed by atoms with Crippen molar-refractivity contribution in [3.8, 4) is 5.75 Å². The Bertz CT molecular complexity index is 715. The quantitative estimate of drug-likeness (QED) is 0.551. The van der Waals surface area contributed by atoms with Gasteiger partial charge >= 0.3 is 116 Å². The zero-order valence-corrected chi connectivity index (χ0v) is 12.0. The van der Waals surface area contributed by atoms with Gasteiger partial charge in [-0.3, -0.25) is 0 Å². The molecule has 0 atom stereocenters. The maximum atomic E-state index is 12.5. The molecule has 0 aliphatic carbocycles.